The van der Waals surface area contributed by atoms with E-state index in [1.54, 1.807) is 11.3 Å². The number of hydrogen-bond donors (Lipinski definition) is 3. The van der Waals surface area contributed by atoms with Crippen molar-refractivity contribution in [2.45, 2.75) is 26.4 Å². The van der Waals surface area contributed by atoms with Gasteiger partial charge >= 0.3 is 0 Å². The smallest absolute Gasteiger partial charge is 0.261 e. The van der Waals surface area contributed by atoms with Gasteiger partial charge in [0.2, 0.25) is 0 Å². The first kappa shape index (κ1) is 15.7. The van der Waals surface area contributed by atoms with Crippen LogP contribution in [-0.2, 0) is 6.42 Å². The Morgan fingerprint density at radius 2 is 2.24 bits per heavy atom. The van der Waals surface area contributed by atoms with Gasteiger partial charge in [0, 0.05) is 11.4 Å². The van der Waals surface area contributed by atoms with Crippen LogP contribution in [0.5, 0.6) is 5.75 Å². The molecule has 5 nitrogen and oxygen atoms in total. The van der Waals surface area contributed by atoms with Gasteiger partial charge in [0.25, 0.3) is 5.91 Å². The van der Waals surface area contributed by atoms with Gasteiger partial charge < -0.3 is 21.5 Å². The molecule has 0 fully saturated rings. The van der Waals surface area contributed by atoms with E-state index in [0.717, 1.165) is 18.0 Å². The zero-order chi connectivity index (χ0) is 15.4. The Morgan fingerprint density at radius 3 is 2.81 bits per heavy atom. The minimum Gasteiger partial charge on any atom is -0.486 e. The lowest BCUT2D eigenvalue weighted by molar-refractivity contribution is 0.100. The second-order valence-corrected chi connectivity index (χ2v) is 6.84. The lowest BCUT2D eigenvalue weighted by Gasteiger charge is -2.12. The van der Waals surface area contributed by atoms with Gasteiger partial charge in [-0.3, -0.25) is 4.79 Å². The highest BCUT2D eigenvalue weighted by atomic mass is 32.1. The third-order valence-corrected chi connectivity index (χ3v) is 4.81. The highest BCUT2D eigenvalue weighted by Gasteiger charge is 2.21. The van der Waals surface area contributed by atoms with E-state index in [2.05, 4.69) is 16.8 Å². The Bertz CT molecular complexity index is 606. The third kappa shape index (κ3) is 3.89. The fourth-order valence-corrected chi connectivity index (χ4v) is 3.48. The number of ether oxygens (including phenoxy) is 1. The molecule has 2 aromatic heterocycles. The first-order valence-electron chi connectivity index (χ1n) is 6.64. The molecule has 21 heavy (non-hydrogen) atoms. The number of carbonyl (C=O) groups is 1. The molecule has 2 heterocycles. The maximum absolute atomic E-state index is 11.4. The number of anilines is 2. The summed E-state index contributed by atoms with van der Waals surface area (Å²) in [5.74, 6) is -0.00704. The molecule has 2 aromatic rings. The number of nitrogen functional groups attached to an aromatic ring is 1. The minimum atomic E-state index is -0.530. The second-order valence-electron chi connectivity index (χ2n) is 4.79. The molecule has 0 unspecified atom stereocenters. The van der Waals surface area contributed by atoms with Crippen molar-refractivity contribution < 1.29 is 9.53 Å². The van der Waals surface area contributed by atoms with Gasteiger partial charge in [0.15, 0.2) is 5.75 Å². The quantitative estimate of drug-likeness (QED) is 0.730. The topological polar surface area (TPSA) is 90.4 Å². The van der Waals surface area contributed by atoms with E-state index in [1.807, 2.05) is 19.9 Å². The fourth-order valence-electron chi connectivity index (χ4n) is 1.83. The van der Waals surface area contributed by atoms with Crippen LogP contribution in [0.3, 0.4) is 0 Å². The average molecular weight is 325 g/mol. The second kappa shape index (κ2) is 6.82. The van der Waals surface area contributed by atoms with Crippen LogP contribution in [0, 0.1) is 0 Å². The highest BCUT2D eigenvalue weighted by Crippen LogP contribution is 2.42. The van der Waals surface area contributed by atoms with Crippen LogP contribution in [0.1, 0.15) is 28.4 Å². The number of primary amides is 1. The number of rotatable bonds is 7. The van der Waals surface area contributed by atoms with Crippen molar-refractivity contribution in [3.05, 3.63) is 27.3 Å². The summed E-state index contributed by atoms with van der Waals surface area (Å²) >= 11 is 2.96. The molecular weight excluding hydrogens is 306 g/mol. The van der Waals surface area contributed by atoms with Crippen LogP contribution in [0.4, 0.5) is 10.7 Å². The molecule has 0 aliphatic heterocycles. The van der Waals surface area contributed by atoms with Gasteiger partial charge in [-0.2, -0.15) is 0 Å². The Balaban J connectivity index is 2.12. The molecule has 0 aromatic carbocycles. The van der Waals surface area contributed by atoms with E-state index < -0.39 is 5.91 Å². The number of amides is 1. The van der Waals surface area contributed by atoms with E-state index in [4.69, 9.17) is 16.2 Å². The number of thiophene rings is 2. The molecule has 0 aliphatic rings. The Hall–Kier alpha value is -1.73. The van der Waals surface area contributed by atoms with Gasteiger partial charge in [-0.1, -0.05) is 6.07 Å². The average Bonchev–Trinajstić information content (AvgIpc) is 3.01. The monoisotopic (exact) mass is 325 g/mol. The summed E-state index contributed by atoms with van der Waals surface area (Å²) < 4.78 is 5.71. The lowest BCUT2D eigenvalue weighted by atomic mass is 10.3. The van der Waals surface area contributed by atoms with Crippen LogP contribution >= 0.6 is 22.7 Å². The van der Waals surface area contributed by atoms with E-state index >= 15 is 0 Å². The van der Waals surface area contributed by atoms with Crippen molar-refractivity contribution in [1.82, 2.24) is 0 Å². The number of nitrogens with two attached hydrogens (primary N) is 2. The zero-order valence-electron chi connectivity index (χ0n) is 12.0. The van der Waals surface area contributed by atoms with E-state index in [9.17, 15) is 4.79 Å². The van der Waals surface area contributed by atoms with E-state index in [1.165, 1.54) is 16.2 Å². The van der Waals surface area contributed by atoms with Crippen molar-refractivity contribution in [2.75, 3.05) is 17.6 Å². The SMILES string of the molecule is CC(C)Oc1c(NCCc2cccs2)sc(C(N)=O)c1N. The van der Waals surface area contributed by atoms with E-state index in [0.29, 0.717) is 16.3 Å². The summed E-state index contributed by atoms with van der Waals surface area (Å²) in [6.07, 6.45) is 0.878. The lowest BCUT2D eigenvalue weighted by Crippen LogP contribution is -2.12. The summed E-state index contributed by atoms with van der Waals surface area (Å²) in [4.78, 5) is 13.0. The molecule has 5 N–H and O–H groups in total. The standard InChI is InChI=1S/C14H19N3O2S2/c1-8(2)19-11-10(15)12(13(16)18)21-14(11)17-6-5-9-4-3-7-20-9/h3-4,7-8,17H,5-6,15H2,1-2H3,(H2,16,18). The summed E-state index contributed by atoms with van der Waals surface area (Å²) in [6, 6.07) is 4.12. The van der Waals surface area contributed by atoms with Crippen LogP contribution in [0.2, 0.25) is 0 Å². The van der Waals surface area contributed by atoms with Crippen molar-refractivity contribution >= 4 is 39.3 Å². The van der Waals surface area contributed by atoms with E-state index in [-0.39, 0.29) is 6.10 Å². The first-order chi connectivity index (χ1) is 9.99. The predicted octanol–water partition coefficient (Wildman–Crippen LogP) is 2.93. The molecule has 0 atom stereocenters. The first-order valence-corrected chi connectivity index (χ1v) is 8.33. The van der Waals surface area contributed by atoms with Crippen molar-refractivity contribution in [2.24, 2.45) is 5.73 Å². The maximum atomic E-state index is 11.4. The number of carbonyl (C=O) groups excluding carboxylic acids is 1. The van der Waals surface area contributed by atoms with Gasteiger partial charge in [-0.15, -0.1) is 22.7 Å². The third-order valence-electron chi connectivity index (χ3n) is 2.71. The summed E-state index contributed by atoms with van der Waals surface area (Å²) in [7, 11) is 0. The Kier molecular flexibility index (Phi) is 5.08. The Labute approximate surface area is 131 Å². The summed E-state index contributed by atoms with van der Waals surface area (Å²) in [5, 5.41) is 6.09. The molecule has 0 aliphatic carbocycles. The molecule has 0 saturated heterocycles. The molecule has 0 spiro atoms. The van der Waals surface area contributed by atoms with Gasteiger partial charge in [0.05, 0.1) is 6.10 Å². The van der Waals surface area contributed by atoms with Gasteiger partial charge in [0.1, 0.15) is 15.6 Å². The van der Waals surface area contributed by atoms with Crippen LogP contribution in [0.25, 0.3) is 0 Å². The predicted molar refractivity (Wildman–Crippen MR) is 89.5 cm³/mol. The Morgan fingerprint density at radius 1 is 1.48 bits per heavy atom. The molecular formula is C14H19N3O2S2. The maximum Gasteiger partial charge on any atom is 0.261 e. The molecule has 7 heteroatoms. The van der Waals surface area contributed by atoms with Crippen molar-refractivity contribution in [3.8, 4) is 5.75 Å². The van der Waals surface area contributed by atoms with Crippen molar-refractivity contribution in [1.29, 1.82) is 0 Å². The molecule has 114 valence electrons. The highest BCUT2D eigenvalue weighted by molar-refractivity contribution is 7.19. The fraction of sp³-hybridized carbons (Fsp3) is 0.357. The molecule has 0 saturated carbocycles. The molecule has 1 amide bonds. The van der Waals surface area contributed by atoms with Gasteiger partial charge in [-0.05, 0) is 31.7 Å². The van der Waals surface area contributed by atoms with Crippen LogP contribution in [-0.4, -0.2) is 18.6 Å². The number of nitrogens with one attached hydrogen (secondary N) is 1. The van der Waals surface area contributed by atoms with Crippen LogP contribution < -0.4 is 21.5 Å². The van der Waals surface area contributed by atoms with Gasteiger partial charge in [-0.25, -0.2) is 0 Å². The normalized spacial score (nSPS) is 10.8. The summed E-state index contributed by atoms with van der Waals surface area (Å²) in [5.41, 5.74) is 11.6. The molecule has 0 radical (unpaired) electrons. The largest absolute Gasteiger partial charge is 0.486 e. The number of hydrogen-bond acceptors (Lipinski definition) is 6. The minimum absolute atomic E-state index is 0.0273. The van der Waals surface area contributed by atoms with Crippen LogP contribution in [0.15, 0.2) is 17.5 Å². The summed E-state index contributed by atoms with van der Waals surface area (Å²) in [6.45, 7) is 4.57. The molecule has 2 rings (SSSR count). The zero-order valence-corrected chi connectivity index (χ0v) is 13.6. The van der Waals surface area contributed by atoms with Crippen molar-refractivity contribution in [3.63, 3.8) is 0 Å². The molecule has 0 bridgehead atoms.